The van der Waals surface area contributed by atoms with Crippen LogP contribution in [0.4, 0.5) is 4.79 Å². The zero-order chi connectivity index (χ0) is 13.0. The maximum Gasteiger partial charge on any atom is 0.408 e. The molecule has 1 aliphatic rings. The Morgan fingerprint density at radius 1 is 1.25 bits per heavy atom. The molecule has 94 valence electrons. The van der Waals surface area contributed by atoms with Gasteiger partial charge in [0.25, 0.3) is 0 Å². The molecule has 1 amide bonds. The second-order valence-corrected chi connectivity index (χ2v) is 4.51. The Morgan fingerprint density at radius 3 is 1.94 bits per heavy atom. The summed E-state index contributed by atoms with van der Waals surface area (Å²) >= 11 is 0. The van der Waals surface area contributed by atoms with Gasteiger partial charge in [0.1, 0.15) is 11.1 Å². The van der Waals surface area contributed by atoms with E-state index in [1.807, 2.05) is 13.8 Å². The van der Waals surface area contributed by atoms with Gasteiger partial charge < -0.3 is 15.2 Å². The fraction of sp³-hybridized carbons (Fsp3) is 0.818. The number of ether oxygens (including phenoxy) is 1. The number of nitrogens with one attached hydrogen (secondary N) is 1. The molecule has 0 unspecified atom stereocenters. The van der Waals surface area contributed by atoms with Crippen molar-refractivity contribution in [2.75, 3.05) is 0 Å². The maximum atomic E-state index is 11.2. The summed E-state index contributed by atoms with van der Waals surface area (Å²) in [6.07, 6.45) is 0.278. The van der Waals surface area contributed by atoms with Crippen LogP contribution in [0.5, 0.6) is 0 Å². The van der Waals surface area contributed by atoms with Crippen LogP contribution in [-0.4, -0.2) is 28.3 Å². The number of amides is 1. The lowest BCUT2D eigenvalue weighted by molar-refractivity contribution is -0.140. The van der Waals surface area contributed by atoms with Crippen molar-refractivity contribution in [1.29, 1.82) is 0 Å². The summed E-state index contributed by atoms with van der Waals surface area (Å²) in [4.78, 5) is 21.9. The van der Waals surface area contributed by atoms with Crippen LogP contribution in [0, 0.1) is 0 Å². The highest BCUT2D eigenvalue weighted by Gasteiger charge is 2.52. The summed E-state index contributed by atoms with van der Waals surface area (Å²) < 4.78 is 4.95. The van der Waals surface area contributed by atoms with E-state index >= 15 is 0 Å². The molecule has 1 rings (SSSR count). The predicted octanol–water partition coefficient (Wildman–Crippen LogP) is 2.15. The summed E-state index contributed by atoms with van der Waals surface area (Å²) in [7, 11) is 0. The molecule has 0 saturated heterocycles. The van der Waals surface area contributed by atoms with Gasteiger partial charge in [0, 0.05) is 0 Å². The number of aliphatic carboxylic acids is 1. The Labute approximate surface area is 96.2 Å². The van der Waals surface area contributed by atoms with Gasteiger partial charge in [0.05, 0.1) is 0 Å². The smallest absolute Gasteiger partial charge is 0.408 e. The van der Waals surface area contributed by atoms with E-state index in [0.717, 1.165) is 0 Å². The second-order valence-electron chi connectivity index (χ2n) is 4.51. The van der Waals surface area contributed by atoms with Gasteiger partial charge in [-0.05, 0) is 33.6 Å². The van der Waals surface area contributed by atoms with Gasteiger partial charge in [-0.3, -0.25) is 0 Å². The summed E-state index contributed by atoms with van der Waals surface area (Å²) in [6, 6.07) is 0. The lowest BCUT2D eigenvalue weighted by Crippen LogP contribution is -2.45. The zero-order valence-corrected chi connectivity index (χ0v) is 10.6. The van der Waals surface area contributed by atoms with Gasteiger partial charge in [0.2, 0.25) is 0 Å². The van der Waals surface area contributed by atoms with Gasteiger partial charge in [-0.1, -0.05) is 13.8 Å². The van der Waals surface area contributed by atoms with Gasteiger partial charge in [-0.2, -0.15) is 0 Å². The van der Waals surface area contributed by atoms with Gasteiger partial charge in [0.15, 0.2) is 0 Å². The Hall–Kier alpha value is -1.26. The minimum Gasteiger partial charge on any atom is -0.480 e. The van der Waals surface area contributed by atoms with Crippen LogP contribution in [0.3, 0.4) is 0 Å². The number of alkyl carbamates (subject to hydrolysis) is 1. The number of hydrogen-bond acceptors (Lipinski definition) is 3. The normalized spacial score (nSPS) is 16.6. The molecule has 0 bridgehead atoms. The van der Waals surface area contributed by atoms with E-state index in [1.165, 1.54) is 0 Å². The van der Waals surface area contributed by atoms with E-state index in [9.17, 15) is 9.59 Å². The van der Waals surface area contributed by atoms with Crippen molar-refractivity contribution in [3.63, 3.8) is 0 Å². The van der Waals surface area contributed by atoms with Crippen molar-refractivity contribution in [1.82, 2.24) is 5.32 Å². The van der Waals surface area contributed by atoms with Crippen LogP contribution in [0.1, 0.15) is 47.5 Å². The first kappa shape index (κ1) is 14.7. The van der Waals surface area contributed by atoms with Crippen molar-refractivity contribution >= 4 is 12.1 Å². The van der Waals surface area contributed by atoms with E-state index in [4.69, 9.17) is 9.84 Å². The zero-order valence-electron chi connectivity index (χ0n) is 10.6. The number of hydrogen-bond donors (Lipinski definition) is 2. The molecule has 1 saturated carbocycles. The summed E-state index contributed by atoms with van der Waals surface area (Å²) in [5.41, 5.74) is -1.67. The van der Waals surface area contributed by atoms with Crippen molar-refractivity contribution in [3.8, 4) is 0 Å². The molecule has 0 aromatic heterocycles. The fourth-order valence-corrected chi connectivity index (χ4v) is 1.02. The van der Waals surface area contributed by atoms with Crippen molar-refractivity contribution in [2.24, 2.45) is 0 Å². The molecule has 5 nitrogen and oxygen atoms in total. The first-order valence-electron chi connectivity index (χ1n) is 5.50. The van der Waals surface area contributed by atoms with Crippen LogP contribution in [0.15, 0.2) is 0 Å². The van der Waals surface area contributed by atoms with Crippen molar-refractivity contribution < 1.29 is 19.4 Å². The van der Waals surface area contributed by atoms with E-state index in [-0.39, 0.29) is 0 Å². The van der Waals surface area contributed by atoms with E-state index in [1.54, 1.807) is 20.8 Å². The molecule has 0 aliphatic heterocycles. The third-order valence-electron chi connectivity index (χ3n) is 1.90. The number of carboxylic acid groups (broad SMARTS) is 1. The minimum atomic E-state index is -1.07. The number of carbonyl (C=O) groups excluding carboxylic acids is 1. The highest BCUT2D eigenvalue weighted by atomic mass is 16.6. The van der Waals surface area contributed by atoms with Crippen LogP contribution >= 0.6 is 0 Å². The standard InChI is InChI=1S/C9H15NO4.C2H6/c1-8(2,3)14-7(13)10-9(4-5-9)6(11)12;1-2/h4-5H2,1-3H3,(H,10,13)(H,11,12);1-2H3. The highest BCUT2D eigenvalue weighted by Crippen LogP contribution is 2.35. The van der Waals surface area contributed by atoms with Crippen molar-refractivity contribution in [2.45, 2.75) is 58.6 Å². The molecule has 5 heteroatoms. The lowest BCUT2D eigenvalue weighted by Gasteiger charge is -2.21. The van der Waals surface area contributed by atoms with Gasteiger partial charge in [-0.15, -0.1) is 0 Å². The van der Waals surface area contributed by atoms with Crippen LogP contribution in [-0.2, 0) is 9.53 Å². The Bertz CT molecular complexity index is 264. The van der Waals surface area contributed by atoms with E-state index in [0.29, 0.717) is 12.8 Å². The molecule has 0 radical (unpaired) electrons. The largest absolute Gasteiger partial charge is 0.480 e. The summed E-state index contributed by atoms with van der Waals surface area (Å²) in [5.74, 6) is -0.997. The number of carboxylic acids is 1. The summed E-state index contributed by atoms with van der Waals surface area (Å²) in [5, 5.41) is 11.1. The van der Waals surface area contributed by atoms with Crippen LogP contribution in [0.25, 0.3) is 0 Å². The number of rotatable bonds is 2. The predicted molar refractivity (Wildman–Crippen MR) is 60.3 cm³/mol. The lowest BCUT2D eigenvalue weighted by atomic mass is 10.2. The van der Waals surface area contributed by atoms with Gasteiger partial charge >= 0.3 is 12.1 Å². The third-order valence-corrected chi connectivity index (χ3v) is 1.90. The molecule has 0 aromatic rings. The molecule has 0 aromatic carbocycles. The van der Waals surface area contributed by atoms with Crippen LogP contribution in [0.2, 0.25) is 0 Å². The molecule has 0 spiro atoms. The molecule has 2 N–H and O–H groups in total. The van der Waals surface area contributed by atoms with E-state index in [2.05, 4.69) is 5.32 Å². The van der Waals surface area contributed by atoms with Crippen molar-refractivity contribution in [3.05, 3.63) is 0 Å². The maximum absolute atomic E-state index is 11.2. The topological polar surface area (TPSA) is 75.6 Å². The fourth-order valence-electron chi connectivity index (χ4n) is 1.02. The molecular formula is C11H21NO4. The third kappa shape index (κ3) is 4.51. The Kier molecular flexibility index (Phi) is 4.78. The first-order chi connectivity index (χ1) is 7.25. The molecule has 1 fully saturated rings. The Balaban J connectivity index is 0.00000106. The molecular weight excluding hydrogens is 210 g/mol. The molecule has 1 aliphatic carbocycles. The first-order valence-corrected chi connectivity index (χ1v) is 5.50. The molecule has 0 heterocycles. The SMILES string of the molecule is CC.CC(C)(C)OC(=O)NC1(C(=O)O)CC1. The van der Waals surface area contributed by atoms with Crippen LogP contribution < -0.4 is 5.32 Å². The highest BCUT2D eigenvalue weighted by molar-refractivity contribution is 5.87. The average molecular weight is 231 g/mol. The number of carbonyl (C=O) groups is 2. The second kappa shape index (κ2) is 5.18. The average Bonchev–Trinajstić information content (AvgIpc) is 2.85. The van der Waals surface area contributed by atoms with Gasteiger partial charge in [-0.25, -0.2) is 9.59 Å². The minimum absolute atomic E-state index is 0.474. The summed E-state index contributed by atoms with van der Waals surface area (Å²) in [6.45, 7) is 9.19. The molecule has 16 heavy (non-hydrogen) atoms. The quantitative estimate of drug-likeness (QED) is 0.763. The van der Waals surface area contributed by atoms with E-state index < -0.39 is 23.2 Å². The Morgan fingerprint density at radius 2 is 1.69 bits per heavy atom. The monoisotopic (exact) mass is 231 g/mol. The molecule has 0 atom stereocenters.